The maximum Gasteiger partial charge on any atom is 0.387 e. The lowest BCUT2D eigenvalue weighted by molar-refractivity contribution is -0.122. The smallest absolute Gasteiger partial charge is 0.387 e. The molecule has 0 heterocycles. The van der Waals surface area contributed by atoms with Gasteiger partial charge in [-0.25, -0.2) is 0 Å². The highest BCUT2D eigenvalue weighted by Gasteiger charge is 2.51. The predicted octanol–water partition coefficient (Wildman–Crippen LogP) is 5.48. The molecule has 4 aliphatic carbocycles. The summed E-state index contributed by atoms with van der Waals surface area (Å²) in [5.41, 5.74) is 1.07. The molecule has 0 unspecified atom stereocenters. The fourth-order valence-electron chi connectivity index (χ4n) is 5.88. The molecule has 0 aliphatic heterocycles. The molecule has 4 fully saturated rings. The van der Waals surface area contributed by atoms with Gasteiger partial charge in [0.15, 0.2) is 5.78 Å². The molecule has 0 N–H and O–H groups in total. The molecule has 4 aliphatic rings. The van der Waals surface area contributed by atoms with E-state index in [1.807, 2.05) is 0 Å². The molecule has 0 saturated heterocycles. The Bertz CT molecular complexity index is 628. The van der Waals surface area contributed by atoms with E-state index in [9.17, 15) is 13.6 Å². The van der Waals surface area contributed by atoms with E-state index in [1.165, 1.54) is 50.7 Å². The van der Waals surface area contributed by atoms with E-state index in [2.05, 4.69) is 4.74 Å². The summed E-state index contributed by atoms with van der Waals surface area (Å²) in [7, 11) is 0. The van der Waals surface area contributed by atoms with Crippen LogP contribution in [-0.2, 0) is 4.79 Å². The van der Waals surface area contributed by atoms with Crippen molar-refractivity contribution in [1.82, 2.24) is 0 Å². The van der Waals surface area contributed by atoms with Crippen molar-refractivity contribution in [3.63, 3.8) is 0 Å². The Hall–Kier alpha value is -1.71. The van der Waals surface area contributed by atoms with Gasteiger partial charge in [-0.1, -0.05) is 18.2 Å². The van der Waals surface area contributed by atoms with E-state index >= 15 is 0 Å². The summed E-state index contributed by atoms with van der Waals surface area (Å²) in [6.45, 7) is -2.82. The molecule has 0 amide bonds. The van der Waals surface area contributed by atoms with Crippen LogP contribution in [0.1, 0.15) is 50.5 Å². The third-order valence-corrected chi connectivity index (χ3v) is 6.28. The first-order chi connectivity index (χ1) is 12.0. The minimum atomic E-state index is -2.82. The molecule has 2 nitrogen and oxygen atoms in total. The molecular formula is C21H24F2O2. The van der Waals surface area contributed by atoms with Gasteiger partial charge < -0.3 is 4.74 Å². The van der Waals surface area contributed by atoms with Crippen molar-refractivity contribution in [3.05, 3.63) is 35.9 Å². The van der Waals surface area contributed by atoms with Crippen LogP contribution in [0.5, 0.6) is 5.75 Å². The van der Waals surface area contributed by atoms with E-state index in [1.54, 1.807) is 24.3 Å². The molecule has 25 heavy (non-hydrogen) atoms. The lowest BCUT2D eigenvalue weighted by atomic mass is 9.48. The van der Waals surface area contributed by atoms with Crippen molar-refractivity contribution in [3.8, 4) is 5.75 Å². The zero-order valence-electron chi connectivity index (χ0n) is 14.3. The van der Waals surface area contributed by atoms with Crippen LogP contribution in [0.2, 0.25) is 0 Å². The van der Waals surface area contributed by atoms with Gasteiger partial charge in [0.1, 0.15) is 5.75 Å². The highest BCUT2D eigenvalue weighted by Crippen LogP contribution is 2.61. The molecule has 0 aromatic heterocycles. The number of alkyl halides is 2. The average Bonchev–Trinajstić information content (AvgIpc) is 2.52. The first-order valence-corrected chi connectivity index (χ1v) is 9.25. The van der Waals surface area contributed by atoms with Crippen molar-refractivity contribution in [2.45, 2.75) is 51.6 Å². The van der Waals surface area contributed by atoms with E-state index < -0.39 is 6.61 Å². The Labute approximate surface area is 147 Å². The van der Waals surface area contributed by atoms with E-state index in [-0.39, 0.29) is 16.9 Å². The van der Waals surface area contributed by atoms with Crippen LogP contribution in [0.15, 0.2) is 30.3 Å². The fraction of sp³-hybridized carbons (Fsp3) is 0.571. The van der Waals surface area contributed by atoms with Gasteiger partial charge in [-0.15, -0.1) is 0 Å². The maximum atomic E-state index is 12.5. The molecule has 134 valence electrons. The van der Waals surface area contributed by atoms with Crippen molar-refractivity contribution in [2.24, 2.45) is 23.2 Å². The summed E-state index contributed by atoms with van der Waals surface area (Å²) in [5.74, 6) is 2.88. The van der Waals surface area contributed by atoms with Crippen LogP contribution in [0.25, 0.3) is 6.08 Å². The van der Waals surface area contributed by atoms with Gasteiger partial charge in [-0.05, 0) is 85.5 Å². The average molecular weight is 346 g/mol. The third-order valence-electron chi connectivity index (χ3n) is 6.28. The van der Waals surface area contributed by atoms with Crippen LogP contribution < -0.4 is 4.74 Å². The van der Waals surface area contributed by atoms with Crippen LogP contribution in [0.4, 0.5) is 8.78 Å². The predicted molar refractivity (Wildman–Crippen MR) is 92.3 cm³/mol. The SMILES string of the molecule is O=C(C=Cc1ccc(OC(F)F)cc1)CC12CC3CC(CC(C3)C1)C2. The zero-order valence-corrected chi connectivity index (χ0v) is 14.3. The quantitative estimate of drug-likeness (QED) is 0.638. The molecule has 4 saturated carbocycles. The van der Waals surface area contributed by atoms with Crippen LogP contribution >= 0.6 is 0 Å². The van der Waals surface area contributed by atoms with Gasteiger partial charge in [0.2, 0.25) is 0 Å². The molecule has 1 aromatic carbocycles. The molecule has 1 aromatic rings. The molecule has 4 bridgehead atoms. The summed E-state index contributed by atoms with van der Waals surface area (Å²) in [5, 5.41) is 0. The summed E-state index contributed by atoms with van der Waals surface area (Å²) in [6, 6.07) is 6.36. The Morgan fingerprint density at radius 3 is 2.16 bits per heavy atom. The van der Waals surface area contributed by atoms with Crippen molar-refractivity contribution in [1.29, 1.82) is 0 Å². The topological polar surface area (TPSA) is 26.3 Å². The monoisotopic (exact) mass is 346 g/mol. The largest absolute Gasteiger partial charge is 0.435 e. The molecule has 5 rings (SSSR count). The van der Waals surface area contributed by atoms with Gasteiger partial charge in [0.25, 0.3) is 0 Å². The Kier molecular flexibility index (Phi) is 4.38. The van der Waals surface area contributed by atoms with E-state index in [0.29, 0.717) is 6.42 Å². The lowest BCUT2D eigenvalue weighted by Gasteiger charge is -2.56. The Morgan fingerprint density at radius 1 is 1.08 bits per heavy atom. The van der Waals surface area contributed by atoms with Gasteiger partial charge in [-0.3, -0.25) is 4.79 Å². The number of hydrogen-bond acceptors (Lipinski definition) is 2. The van der Waals surface area contributed by atoms with Crippen molar-refractivity contribution < 1.29 is 18.3 Å². The number of benzene rings is 1. The summed E-state index contributed by atoms with van der Waals surface area (Å²) >= 11 is 0. The maximum absolute atomic E-state index is 12.5. The number of ketones is 1. The Morgan fingerprint density at radius 2 is 1.64 bits per heavy atom. The minimum absolute atomic E-state index is 0.132. The molecule has 0 spiro atoms. The first kappa shape index (κ1) is 16.7. The number of carbonyl (C=O) groups excluding carboxylic acids is 1. The number of hydrogen-bond donors (Lipinski definition) is 0. The standard InChI is InChI=1S/C21H24F2O2/c22-20(23)25-19-5-2-14(3-6-19)1-4-18(24)13-21-10-15-7-16(11-21)9-17(8-15)12-21/h1-6,15-17,20H,7-13H2. The summed E-state index contributed by atoms with van der Waals surface area (Å²) in [4.78, 5) is 12.5. The second kappa shape index (κ2) is 6.54. The van der Waals surface area contributed by atoms with E-state index in [0.717, 1.165) is 23.3 Å². The number of carbonyl (C=O) groups is 1. The highest BCUT2D eigenvalue weighted by molar-refractivity contribution is 5.94. The molecule has 4 heteroatoms. The second-order valence-electron chi connectivity index (χ2n) is 8.34. The number of allylic oxidation sites excluding steroid dienone is 1. The number of halogens is 2. The second-order valence-corrected chi connectivity index (χ2v) is 8.34. The van der Waals surface area contributed by atoms with Gasteiger partial charge in [0, 0.05) is 6.42 Å². The molecule has 0 atom stereocenters. The highest BCUT2D eigenvalue weighted by atomic mass is 19.3. The van der Waals surface area contributed by atoms with Crippen LogP contribution in [0, 0.1) is 23.2 Å². The third kappa shape index (κ3) is 3.78. The van der Waals surface area contributed by atoms with Gasteiger partial charge in [0.05, 0.1) is 0 Å². The Balaban J connectivity index is 1.36. The number of rotatable bonds is 6. The van der Waals surface area contributed by atoms with Gasteiger partial charge >= 0.3 is 6.61 Å². The zero-order chi connectivity index (χ0) is 17.4. The van der Waals surface area contributed by atoms with Crippen molar-refractivity contribution >= 4 is 11.9 Å². The van der Waals surface area contributed by atoms with E-state index in [4.69, 9.17) is 0 Å². The normalized spacial score (nSPS) is 33.3. The fourth-order valence-corrected chi connectivity index (χ4v) is 5.88. The first-order valence-electron chi connectivity index (χ1n) is 9.25. The van der Waals surface area contributed by atoms with Crippen LogP contribution in [-0.4, -0.2) is 12.4 Å². The van der Waals surface area contributed by atoms with Gasteiger partial charge in [-0.2, -0.15) is 8.78 Å². The molecule has 0 radical (unpaired) electrons. The van der Waals surface area contributed by atoms with Crippen LogP contribution in [0.3, 0.4) is 0 Å². The van der Waals surface area contributed by atoms with Crippen molar-refractivity contribution in [2.75, 3.05) is 0 Å². The number of ether oxygens (including phenoxy) is 1. The lowest BCUT2D eigenvalue weighted by Crippen LogP contribution is -2.46. The summed E-state index contributed by atoms with van der Waals surface area (Å²) < 4.78 is 28.6. The molecular weight excluding hydrogens is 322 g/mol. The minimum Gasteiger partial charge on any atom is -0.435 e. The summed E-state index contributed by atoms with van der Waals surface area (Å²) in [6.07, 6.45) is 12.0.